The maximum Gasteiger partial charge on any atom is 0.220 e. The predicted octanol–water partition coefficient (Wildman–Crippen LogP) is 16.9. The molecule has 2 unspecified atom stereocenters. The van der Waals surface area contributed by atoms with Crippen molar-refractivity contribution in [3.63, 3.8) is 0 Å². The first-order valence-corrected chi connectivity index (χ1v) is 26.0. The van der Waals surface area contributed by atoms with E-state index >= 15 is 0 Å². The van der Waals surface area contributed by atoms with Crippen molar-refractivity contribution in [2.24, 2.45) is 0 Å². The molecule has 2 atom stereocenters. The standard InChI is InChI=1S/C55H101NO3/c1-3-5-7-9-11-12-13-14-15-16-17-18-19-20-21-22-23-24-25-26-27-28-29-30-31-32-33-34-35-36-37-38-39-40-41-42-43-44-45-47-49-51-55(59)56-53(52-57)54(58)50-48-46-10-8-6-4-2/h5,7,11-12,14-15,17-18,48,50,53-54,57-58H,3-4,6,8-10,13,16,19-47,49,51-52H2,1-2H3,(H,56,59)/b7-5-,12-11-,15-14-,18-17-,50-48+. The second-order valence-electron chi connectivity index (χ2n) is 17.6. The van der Waals surface area contributed by atoms with Gasteiger partial charge in [-0.05, 0) is 57.8 Å². The topological polar surface area (TPSA) is 69.6 Å². The van der Waals surface area contributed by atoms with E-state index in [2.05, 4.69) is 67.8 Å². The lowest BCUT2D eigenvalue weighted by Crippen LogP contribution is -2.45. The van der Waals surface area contributed by atoms with Crippen molar-refractivity contribution in [3.8, 4) is 0 Å². The fourth-order valence-corrected chi connectivity index (χ4v) is 7.82. The molecule has 0 aromatic carbocycles. The number of hydrogen-bond donors (Lipinski definition) is 3. The molecule has 0 aliphatic heterocycles. The summed E-state index contributed by atoms with van der Waals surface area (Å²) in [5.41, 5.74) is 0. The molecule has 0 spiro atoms. The summed E-state index contributed by atoms with van der Waals surface area (Å²) < 4.78 is 0. The van der Waals surface area contributed by atoms with Crippen LogP contribution in [-0.4, -0.2) is 34.9 Å². The van der Waals surface area contributed by atoms with Crippen LogP contribution in [0.3, 0.4) is 0 Å². The third-order valence-electron chi connectivity index (χ3n) is 11.8. The molecule has 59 heavy (non-hydrogen) atoms. The first-order valence-electron chi connectivity index (χ1n) is 26.0. The molecule has 0 fully saturated rings. The minimum atomic E-state index is -0.833. The third kappa shape index (κ3) is 47.0. The van der Waals surface area contributed by atoms with Gasteiger partial charge in [0.15, 0.2) is 0 Å². The molecule has 4 heteroatoms. The zero-order valence-corrected chi connectivity index (χ0v) is 39.5. The van der Waals surface area contributed by atoms with Gasteiger partial charge in [0.2, 0.25) is 5.91 Å². The van der Waals surface area contributed by atoms with Crippen molar-refractivity contribution < 1.29 is 15.0 Å². The zero-order chi connectivity index (χ0) is 42.8. The summed E-state index contributed by atoms with van der Waals surface area (Å²) in [5, 5.41) is 22.7. The molecule has 0 bridgehead atoms. The van der Waals surface area contributed by atoms with E-state index < -0.39 is 12.1 Å². The van der Waals surface area contributed by atoms with Crippen LogP contribution in [0.15, 0.2) is 60.8 Å². The molecule has 0 aromatic heterocycles. The highest BCUT2D eigenvalue weighted by Gasteiger charge is 2.18. The lowest BCUT2D eigenvalue weighted by molar-refractivity contribution is -0.123. The van der Waals surface area contributed by atoms with Crippen LogP contribution in [0.5, 0.6) is 0 Å². The third-order valence-corrected chi connectivity index (χ3v) is 11.8. The highest BCUT2D eigenvalue weighted by Crippen LogP contribution is 2.17. The van der Waals surface area contributed by atoms with Crippen LogP contribution in [0, 0.1) is 0 Å². The first kappa shape index (κ1) is 57.1. The second-order valence-corrected chi connectivity index (χ2v) is 17.6. The Labute approximate surface area is 368 Å². The quantitative estimate of drug-likeness (QED) is 0.0423. The monoisotopic (exact) mass is 824 g/mol. The number of allylic oxidation sites excluding steroid dienone is 9. The van der Waals surface area contributed by atoms with E-state index in [1.165, 1.54) is 193 Å². The highest BCUT2D eigenvalue weighted by atomic mass is 16.3. The first-order chi connectivity index (χ1) is 29.2. The lowest BCUT2D eigenvalue weighted by Gasteiger charge is -2.20. The molecule has 344 valence electrons. The Morgan fingerprint density at radius 1 is 0.424 bits per heavy atom. The van der Waals surface area contributed by atoms with Gasteiger partial charge in [0, 0.05) is 6.42 Å². The summed E-state index contributed by atoms with van der Waals surface area (Å²) >= 11 is 0. The zero-order valence-electron chi connectivity index (χ0n) is 39.5. The predicted molar refractivity (Wildman–Crippen MR) is 262 cm³/mol. The maximum atomic E-state index is 12.3. The normalized spacial score (nSPS) is 13.4. The molecule has 0 aromatic rings. The number of hydrogen-bond acceptors (Lipinski definition) is 3. The number of carbonyl (C=O) groups excluding carboxylic acids is 1. The van der Waals surface area contributed by atoms with Crippen LogP contribution in [0.2, 0.25) is 0 Å². The van der Waals surface area contributed by atoms with E-state index in [9.17, 15) is 15.0 Å². The maximum absolute atomic E-state index is 12.3. The molecular formula is C55H101NO3. The van der Waals surface area contributed by atoms with Crippen molar-refractivity contribution in [1.82, 2.24) is 5.32 Å². The summed E-state index contributed by atoms with van der Waals surface area (Å²) in [4.78, 5) is 12.3. The fourth-order valence-electron chi connectivity index (χ4n) is 7.82. The summed E-state index contributed by atoms with van der Waals surface area (Å²) in [6, 6.07) is -0.617. The molecule has 0 aliphatic carbocycles. The van der Waals surface area contributed by atoms with Crippen LogP contribution in [-0.2, 0) is 4.79 Å². The molecule has 0 radical (unpaired) electrons. The average Bonchev–Trinajstić information content (AvgIpc) is 3.24. The number of rotatable bonds is 47. The Hall–Kier alpha value is -1.91. The van der Waals surface area contributed by atoms with Crippen LogP contribution in [0.25, 0.3) is 0 Å². The van der Waals surface area contributed by atoms with E-state index in [0.29, 0.717) is 6.42 Å². The van der Waals surface area contributed by atoms with Gasteiger partial charge in [-0.15, -0.1) is 0 Å². The van der Waals surface area contributed by atoms with E-state index in [0.717, 1.165) is 51.4 Å². The minimum Gasteiger partial charge on any atom is -0.394 e. The largest absolute Gasteiger partial charge is 0.394 e. The SMILES string of the molecule is CC/C=C\C/C=C\C/C=C\C/C=C\CCCCCCCCCCCCCCCCCCCCCCCCCCCCCCC(=O)NC(CO)C(O)/C=C/CCCCCC. The molecule has 0 rings (SSSR count). The van der Waals surface area contributed by atoms with Gasteiger partial charge in [0.1, 0.15) is 0 Å². The summed E-state index contributed by atoms with van der Waals surface area (Å²) in [6.07, 6.45) is 71.3. The molecule has 3 N–H and O–H groups in total. The van der Waals surface area contributed by atoms with Gasteiger partial charge in [-0.1, -0.05) is 261 Å². The van der Waals surface area contributed by atoms with Gasteiger partial charge in [0.05, 0.1) is 18.8 Å². The van der Waals surface area contributed by atoms with Crippen molar-refractivity contribution in [3.05, 3.63) is 60.8 Å². The highest BCUT2D eigenvalue weighted by molar-refractivity contribution is 5.76. The minimum absolute atomic E-state index is 0.0667. The molecule has 1 amide bonds. The van der Waals surface area contributed by atoms with Crippen LogP contribution in [0.4, 0.5) is 0 Å². The molecular weight excluding hydrogens is 723 g/mol. The second kappa shape index (κ2) is 50.4. The van der Waals surface area contributed by atoms with E-state index in [1.807, 2.05) is 6.08 Å². The van der Waals surface area contributed by atoms with Gasteiger partial charge in [0.25, 0.3) is 0 Å². The van der Waals surface area contributed by atoms with Crippen LogP contribution >= 0.6 is 0 Å². The average molecular weight is 824 g/mol. The number of unbranched alkanes of at least 4 members (excludes halogenated alkanes) is 32. The molecule has 0 saturated carbocycles. The lowest BCUT2D eigenvalue weighted by atomic mass is 10.0. The van der Waals surface area contributed by atoms with Crippen LogP contribution < -0.4 is 5.32 Å². The summed E-state index contributed by atoms with van der Waals surface area (Å²) in [6.45, 7) is 4.13. The van der Waals surface area contributed by atoms with E-state index in [4.69, 9.17) is 0 Å². The van der Waals surface area contributed by atoms with E-state index in [1.54, 1.807) is 6.08 Å². The molecule has 0 saturated heterocycles. The van der Waals surface area contributed by atoms with Gasteiger partial charge >= 0.3 is 0 Å². The van der Waals surface area contributed by atoms with Crippen molar-refractivity contribution in [2.45, 2.75) is 276 Å². The fraction of sp³-hybridized carbons (Fsp3) is 0.800. The Kier molecular flexibility index (Phi) is 48.8. The molecule has 4 nitrogen and oxygen atoms in total. The number of carbonyl (C=O) groups is 1. The Balaban J connectivity index is 3.31. The number of aliphatic hydroxyl groups is 2. The van der Waals surface area contributed by atoms with E-state index in [-0.39, 0.29) is 12.5 Å². The Bertz CT molecular complexity index is 981. The van der Waals surface area contributed by atoms with Gasteiger partial charge in [-0.2, -0.15) is 0 Å². The Morgan fingerprint density at radius 3 is 1.12 bits per heavy atom. The summed E-state index contributed by atoms with van der Waals surface area (Å²) in [5.74, 6) is -0.0667. The van der Waals surface area contributed by atoms with Crippen molar-refractivity contribution >= 4 is 5.91 Å². The number of aliphatic hydroxyl groups excluding tert-OH is 2. The van der Waals surface area contributed by atoms with Crippen LogP contribution in [0.1, 0.15) is 264 Å². The number of nitrogens with one attached hydrogen (secondary N) is 1. The van der Waals surface area contributed by atoms with Gasteiger partial charge in [-0.25, -0.2) is 0 Å². The van der Waals surface area contributed by atoms with Crippen molar-refractivity contribution in [1.29, 1.82) is 0 Å². The number of amides is 1. The molecule has 0 aliphatic rings. The summed E-state index contributed by atoms with van der Waals surface area (Å²) in [7, 11) is 0. The van der Waals surface area contributed by atoms with Crippen molar-refractivity contribution in [2.75, 3.05) is 6.61 Å². The van der Waals surface area contributed by atoms with Gasteiger partial charge < -0.3 is 15.5 Å². The Morgan fingerprint density at radius 2 is 0.746 bits per heavy atom. The smallest absolute Gasteiger partial charge is 0.220 e. The molecule has 0 heterocycles. The van der Waals surface area contributed by atoms with Gasteiger partial charge in [-0.3, -0.25) is 4.79 Å².